The fourth-order valence-corrected chi connectivity index (χ4v) is 6.77. The number of benzene rings is 1. The van der Waals surface area contributed by atoms with Crippen LogP contribution in [0.4, 0.5) is 0 Å². The van der Waals surface area contributed by atoms with Gasteiger partial charge in [0.05, 0.1) is 16.8 Å². The van der Waals surface area contributed by atoms with Gasteiger partial charge in [0.25, 0.3) is 5.91 Å². The Labute approximate surface area is 239 Å². The van der Waals surface area contributed by atoms with Crippen LogP contribution in [-0.4, -0.2) is 45.0 Å². The topological polar surface area (TPSA) is 55.8 Å². The highest BCUT2D eigenvalue weighted by atomic mass is 35.5. The number of thioether (sulfide) groups is 1. The van der Waals surface area contributed by atoms with Crippen molar-refractivity contribution in [3.05, 3.63) is 56.2 Å². The van der Waals surface area contributed by atoms with Gasteiger partial charge in [-0.05, 0) is 57.0 Å². The molecule has 1 aromatic carbocycles. The van der Waals surface area contributed by atoms with Crippen LogP contribution in [-0.2, 0) is 19.1 Å². The van der Waals surface area contributed by atoms with E-state index in [1.54, 1.807) is 6.07 Å². The first-order valence-corrected chi connectivity index (χ1v) is 15.1. The maximum Gasteiger partial charge on any atom is 0.309 e. The van der Waals surface area contributed by atoms with E-state index in [1.807, 2.05) is 67.8 Å². The number of halogens is 2. The van der Waals surface area contributed by atoms with E-state index >= 15 is 0 Å². The number of hydrogen-bond acceptors (Lipinski definition) is 6. The standard InChI is InChI=1S/C28H37Cl2NO4S2/c1-8-19(16-36-28(5,6)7)31-24(21-12-13-22(30)37-21)25(17-10-9-11-18(29)14-17)34-20(26(31)33)15-23(32)35-27(2,3)4/h9-14,19-20,24-25H,8,15-16H2,1-7H3/t19?,20-,24-,25-/m1/s1. The second-order valence-corrected chi connectivity index (χ2v) is 15.2. The molecule has 0 bridgehead atoms. The van der Waals surface area contributed by atoms with Crippen molar-refractivity contribution >= 4 is 58.2 Å². The molecule has 37 heavy (non-hydrogen) atoms. The predicted molar refractivity (Wildman–Crippen MR) is 155 cm³/mol. The minimum absolute atomic E-state index is 0.0345. The zero-order valence-electron chi connectivity index (χ0n) is 22.5. The van der Waals surface area contributed by atoms with Gasteiger partial charge in [0, 0.05) is 26.4 Å². The van der Waals surface area contributed by atoms with E-state index in [-0.39, 0.29) is 23.1 Å². The van der Waals surface area contributed by atoms with Crippen molar-refractivity contribution in [1.82, 2.24) is 4.90 Å². The van der Waals surface area contributed by atoms with E-state index in [4.69, 9.17) is 32.7 Å². The molecule has 0 N–H and O–H groups in total. The van der Waals surface area contributed by atoms with Crippen LogP contribution in [0.1, 0.15) is 83.9 Å². The Morgan fingerprint density at radius 1 is 1.16 bits per heavy atom. The highest BCUT2D eigenvalue weighted by Gasteiger charge is 2.48. The zero-order chi connectivity index (χ0) is 27.5. The lowest BCUT2D eigenvalue weighted by atomic mass is 9.93. The van der Waals surface area contributed by atoms with Crippen LogP contribution in [0.5, 0.6) is 0 Å². The van der Waals surface area contributed by atoms with E-state index in [0.717, 1.165) is 22.6 Å². The number of morpholine rings is 1. The maximum atomic E-state index is 14.1. The van der Waals surface area contributed by atoms with Crippen molar-refractivity contribution in [1.29, 1.82) is 0 Å². The van der Waals surface area contributed by atoms with Crippen molar-refractivity contribution in [3.63, 3.8) is 0 Å². The number of carbonyl (C=O) groups is 2. The monoisotopic (exact) mass is 585 g/mol. The third-order valence-electron chi connectivity index (χ3n) is 5.84. The lowest BCUT2D eigenvalue weighted by molar-refractivity contribution is -0.185. The fourth-order valence-electron chi connectivity index (χ4n) is 4.29. The molecule has 3 rings (SSSR count). The van der Waals surface area contributed by atoms with Crippen LogP contribution in [0, 0.1) is 0 Å². The summed E-state index contributed by atoms with van der Waals surface area (Å²) in [7, 11) is 0. The summed E-state index contributed by atoms with van der Waals surface area (Å²) in [5, 5.41) is 0.575. The predicted octanol–water partition coefficient (Wildman–Crippen LogP) is 8.11. The summed E-state index contributed by atoms with van der Waals surface area (Å²) in [4.78, 5) is 29.8. The molecule has 1 unspecified atom stereocenters. The highest BCUT2D eigenvalue weighted by Crippen LogP contribution is 2.47. The Hall–Kier alpha value is -1.25. The molecule has 5 nitrogen and oxygen atoms in total. The van der Waals surface area contributed by atoms with Crippen LogP contribution < -0.4 is 0 Å². The molecule has 4 atom stereocenters. The summed E-state index contributed by atoms with van der Waals surface area (Å²) < 4.78 is 12.7. The van der Waals surface area contributed by atoms with E-state index in [1.165, 1.54) is 11.3 Å². The van der Waals surface area contributed by atoms with Crippen LogP contribution in [0.25, 0.3) is 0 Å². The number of thiophene rings is 1. The van der Waals surface area contributed by atoms with Crippen LogP contribution in [0.3, 0.4) is 0 Å². The molecule has 0 saturated carbocycles. The van der Waals surface area contributed by atoms with Crippen LogP contribution in [0.2, 0.25) is 9.36 Å². The highest BCUT2D eigenvalue weighted by molar-refractivity contribution is 8.00. The summed E-state index contributed by atoms with van der Waals surface area (Å²) in [6.45, 7) is 14.0. The molecule has 1 aromatic heterocycles. The summed E-state index contributed by atoms with van der Waals surface area (Å²) in [6, 6.07) is 10.8. The van der Waals surface area contributed by atoms with Crippen molar-refractivity contribution in [2.75, 3.05) is 5.75 Å². The number of hydrogen-bond donors (Lipinski definition) is 0. The zero-order valence-corrected chi connectivity index (χ0v) is 25.7. The smallest absolute Gasteiger partial charge is 0.309 e. The first-order valence-electron chi connectivity index (χ1n) is 12.5. The van der Waals surface area contributed by atoms with Crippen molar-refractivity contribution in [3.8, 4) is 0 Å². The number of nitrogens with zero attached hydrogens (tertiary/aromatic N) is 1. The van der Waals surface area contributed by atoms with Crippen molar-refractivity contribution < 1.29 is 19.1 Å². The first-order chi connectivity index (χ1) is 17.2. The van der Waals surface area contributed by atoms with Gasteiger partial charge in [-0.1, -0.05) is 63.0 Å². The second kappa shape index (κ2) is 12.3. The molecular formula is C28H37Cl2NO4S2. The SMILES string of the molecule is CCC(CSC(C)(C)C)N1C(=O)[C@@H](CC(=O)OC(C)(C)C)O[C@H](c2cccc(Cl)c2)[C@H]1c1ccc(Cl)s1. The Kier molecular flexibility index (Phi) is 10.1. The van der Waals surface area contributed by atoms with Crippen molar-refractivity contribution in [2.24, 2.45) is 0 Å². The minimum Gasteiger partial charge on any atom is -0.460 e. The summed E-state index contributed by atoms with van der Waals surface area (Å²) in [6.07, 6.45) is -0.914. The van der Waals surface area contributed by atoms with Gasteiger partial charge in [0.2, 0.25) is 0 Å². The van der Waals surface area contributed by atoms with Gasteiger partial charge >= 0.3 is 5.97 Å². The molecule has 2 heterocycles. The summed E-state index contributed by atoms with van der Waals surface area (Å²) in [5.74, 6) is 0.0772. The van der Waals surface area contributed by atoms with Crippen LogP contribution >= 0.6 is 46.3 Å². The van der Waals surface area contributed by atoms with Crippen molar-refractivity contribution in [2.45, 2.75) is 95.9 Å². The summed E-state index contributed by atoms with van der Waals surface area (Å²) in [5.41, 5.74) is 0.180. The molecule has 1 saturated heterocycles. The molecule has 0 spiro atoms. The second-order valence-electron chi connectivity index (χ2n) is 11.2. The minimum atomic E-state index is -0.973. The van der Waals surface area contributed by atoms with E-state index in [0.29, 0.717) is 9.36 Å². The number of carbonyl (C=O) groups excluding carboxylic acids is 2. The Morgan fingerprint density at radius 2 is 1.86 bits per heavy atom. The fraction of sp³-hybridized carbons (Fsp3) is 0.571. The molecule has 2 aromatic rings. The van der Waals surface area contributed by atoms with Gasteiger partial charge in [-0.3, -0.25) is 9.59 Å². The molecule has 1 fully saturated rings. The lowest BCUT2D eigenvalue weighted by Gasteiger charge is -2.47. The lowest BCUT2D eigenvalue weighted by Crippen LogP contribution is -2.56. The molecular weight excluding hydrogens is 549 g/mol. The normalized spacial score (nSPS) is 21.7. The molecule has 0 radical (unpaired) electrons. The van der Waals surface area contributed by atoms with Gasteiger partial charge < -0.3 is 14.4 Å². The first kappa shape index (κ1) is 30.3. The molecule has 9 heteroatoms. The summed E-state index contributed by atoms with van der Waals surface area (Å²) >= 11 is 16.0. The van der Waals surface area contributed by atoms with Gasteiger partial charge in [-0.15, -0.1) is 11.3 Å². The van der Waals surface area contributed by atoms with E-state index in [2.05, 4.69) is 27.7 Å². The Balaban J connectivity index is 2.09. The number of esters is 1. The third kappa shape index (κ3) is 8.37. The van der Waals surface area contributed by atoms with Crippen LogP contribution in [0.15, 0.2) is 36.4 Å². The quantitative estimate of drug-likeness (QED) is 0.293. The number of rotatable bonds is 8. The Morgan fingerprint density at radius 3 is 2.41 bits per heavy atom. The third-order valence-corrected chi connectivity index (χ3v) is 8.79. The van der Waals surface area contributed by atoms with E-state index in [9.17, 15) is 9.59 Å². The average molecular weight is 587 g/mol. The van der Waals surface area contributed by atoms with E-state index < -0.39 is 29.8 Å². The average Bonchev–Trinajstić information content (AvgIpc) is 3.20. The van der Waals surface area contributed by atoms with Gasteiger partial charge in [-0.2, -0.15) is 11.8 Å². The number of ether oxygens (including phenoxy) is 2. The molecule has 1 aliphatic heterocycles. The Bertz CT molecular complexity index is 1090. The number of amides is 1. The molecule has 204 valence electrons. The van der Waals surface area contributed by atoms with Gasteiger partial charge in [0.1, 0.15) is 17.8 Å². The molecule has 0 aliphatic carbocycles. The van der Waals surface area contributed by atoms with Gasteiger partial charge in [0.15, 0.2) is 0 Å². The maximum absolute atomic E-state index is 14.1. The molecule has 1 aliphatic rings. The van der Waals surface area contributed by atoms with Gasteiger partial charge in [-0.25, -0.2) is 0 Å². The molecule has 1 amide bonds. The largest absolute Gasteiger partial charge is 0.460 e.